The second kappa shape index (κ2) is 9.86. The van der Waals surface area contributed by atoms with Gasteiger partial charge in [-0.25, -0.2) is 0 Å². The molecule has 7 heteroatoms. The summed E-state index contributed by atoms with van der Waals surface area (Å²) in [5.74, 6) is 1.01. The predicted molar refractivity (Wildman–Crippen MR) is 122 cm³/mol. The molecule has 2 aromatic carbocycles. The van der Waals surface area contributed by atoms with Crippen molar-refractivity contribution in [2.75, 3.05) is 43.4 Å². The summed E-state index contributed by atoms with van der Waals surface area (Å²) in [6.45, 7) is 4.63. The maximum atomic E-state index is 12.8. The molecule has 0 aromatic heterocycles. The van der Waals surface area contributed by atoms with E-state index in [4.69, 9.17) is 11.6 Å². The van der Waals surface area contributed by atoms with E-state index in [0.717, 1.165) is 41.0 Å². The highest BCUT2D eigenvalue weighted by Crippen LogP contribution is 2.34. The molecule has 2 aliphatic rings. The lowest BCUT2D eigenvalue weighted by Gasteiger charge is -2.35. The van der Waals surface area contributed by atoms with Crippen molar-refractivity contribution in [3.63, 3.8) is 0 Å². The van der Waals surface area contributed by atoms with Gasteiger partial charge in [0, 0.05) is 67.8 Å². The van der Waals surface area contributed by atoms with Crippen LogP contribution < -0.4 is 4.90 Å². The fraction of sp³-hybridized carbons (Fsp3) is 0.391. The Balaban J connectivity index is 1.24. The van der Waals surface area contributed by atoms with Gasteiger partial charge in [-0.2, -0.15) is 0 Å². The average Bonchev–Trinajstić information content (AvgIpc) is 2.77. The molecule has 158 valence electrons. The van der Waals surface area contributed by atoms with E-state index in [0.29, 0.717) is 19.6 Å². The number of hydrogen-bond acceptors (Lipinski definition) is 4. The minimum Gasteiger partial charge on any atom is -0.340 e. The van der Waals surface area contributed by atoms with Gasteiger partial charge in [0.15, 0.2) is 0 Å². The largest absolute Gasteiger partial charge is 0.340 e. The van der Waals surface area contributed by atoms with E-state index < -0.39 is 0 Å². The first-order valence-corrected chi connectivity index (χ1v) is 11.7. The van der Waals surface area contributed by atoms with Gasteiger partial charge in [0.05, 0.1) is 5.69 Å². The fourth-order valence-electron chi connectivity index (χ4n) is 3.98. The lowest BCUT2D eigenvalue weighted by Crippen LogP contribution is -2.48. The molecule has 4 rings (SSSR count). The van der Waals surface area contributed by atoms with Gasteiger partial charge in [0.25, 0.3) is 0 Å². The van der Waals surface area contributed by atoms with E-state index in [2.05, 4.69) is 11.0 Å². The summed E-state index contributed by atoms with van der Waals surface area (Å²) in [6, 6.07) is 15.9. The first-order chi connectivity index (χ1) is 14.6. The van der Waals surface area contributed by atoms with Crippen molar-refractivity contribution < 1.29 is 9.59 Å². The van der Waals surface area contributed by atoms with Gasteiger partial charge in [-0.3, -0.25) is 14.5 Å². The van der Waals surface area contributed by atoms with Crippen LogP contribution in [-0.4, -0.2) is 60.1 Å². The predicted octanol–water partition coefficient (Wildman–Crippen LogP) is 3.90. The molecule has 2 aliphatic heterocycles. The summed E-state index contributed by atoms with van der Waals surface area (Å²) in [7, 11) is 0. The van der Waals surface area contributed by atoms with Crippen LogP contribution >= 0.6 is 23.4 Å². The number of piperazine rings is 1. The number of anilines is 1. The van der Waals surface area contributed by atoms with Gasteiger partial charge in [-0.1, -0.05) is 35.9 Å². The molecule has 0 unspecified atom stereocenters. The number of halogens is 1. The SMILES string of the molecule is O=C(CCC(=O)N1CCSc2ccccc21)N1CCN(Cc2cccc(Cl)c2)CC1. The Hall–Kier alpha value is -2.02. The van der Waals surface area contributed by atoms with Gasteiger partial charge in [-0.15, -0.1) is 11.8 Å². The van der Waals surface area contributed by atoms with Crippen LogP contribution in [0, 0.1) is 0 Å². The summed E-state index contributed by atoms with van der Waals surface area (Å²) in [5.41, 5.74) is 2.16. The van der Waals surface area contributed by atoms with Crippen LogP contribution in [0.15, 0.2) is 53.4 Å². The van der Waals surface area contributed by atoms with Crippen molar-refractivity contribution in [1.82, 2.24) is 9.80 Å². The van der Waals surface area contributed by atoms with E-state index in [1.165, 1.54) is 5.56 Å². The molecule has 2 aromatic rings. The molecule has 1 fully saturated rings. The van der Waals surface area contributed by atoms with Crippen molar-refractivity contribution in [2.24, 2.45) is 0 Å². The van der Waals surface area contributed by atoms with E-state index >= 15 is 0 Å². The summed E-state index contributed by atoms with van der Waals surface area (Å²) >= 11 is 7.85. The minimum absolute atomic E-state index is 0.0377. The van der Waals surface area contributed by atoms with Crippen LogP contribution in [0.3, 0.4) is 0 Å². The molecule has 0 spiro atoms. The van der Waals surface area contributed by atoms with Gasteiger partial charge >= 0.3 is 0 Å². The van der Waals surface area contributed by atoms with Crippen molar-refractivity contribution >= 4 is 40.9 Å². The van der Waals surface area contributed by atoms with Crippen LogP contribution in [0.25, 0.3) is 0 Å². The molecule has 0 atom stereocenters. The lowest BCUT2D eigenvalue weighted by molar-refractivity contribution is -0.134. The molecule has 0 bridgehead atoms. The van der Waals surface area contributed by atoms with Crippen LogP contribution in [0.5, 0.6) is 0 Å². The number of thioether (sulfide) groups is 1. The number of hydrogen-bond donors (Lipinski definition) is 0. The van der Waals surface area contributed by atoms with Crippen LogP contribution in [0.4, 0.5) is 5.69 Å². The third-order valence-electron chi connectivity index (χ3n) is 5.60. The van der Waals surface area contributed by atoms with E-state index in [1.54, 1.807) is 11.8 Å². The molecular formula is C23H26ClN3O2S. The second-order valence-corrected chi connectivity index (χ2v) is 9.22. The molecule has 2 heterocycles. The number of amides is 2. The van der Waals surface area contributed by atoms with E-state index in [9.17, 15) is 9.59 Å². The van der Waals surface area contributed by atoms with Crippen LogP contribution in [0.1, 0.15) is 18.4 Å². The van der Waals surface area contributed by atoms with Crippen molar-refractivity contribution in [3.8, 4) is 0 Å². The number of carbonyl (C=O) groups excluding carboxylic acids is 2. The van der Waals surface area contributed by atoms with E-state index in [1.807, 2.05) is 52.3 Å². The summed E-state index contributed by atoms with van der Waals surface area (Å²) in [4.78, 5) is 32.6. The third kappa shape index (κ3) is 5.17. The van der Waals surface area contributed by atoms with Crippen LogP contribution in [0.2, 0.25) is 5.02 Å². The van der Waals surface area contributed by atoms with Gasteiger partial charge in [0.2, 0.25) is 11.8 Å². The molecule has 0 saturated carbocycles. The molecule has 0 radical (unpaired) electrons. The zero-order valence-corrected chi connectivity index (χ0v) is 18.5. The lowest BCUT2D eigenvalue weighted by atomic mass is 10.2. The minimum atomic E-state index is 0.0377. The van der Waals surface area contributed by atoms with Crippen LogP contribution in [-0.2, 0) is 16.1 Å². The molecule has 5 nitrogen and oxygen atoms in total. The molecular weight excluding hydrogens is 418 g/mol. The zero-order valence-electron chi connectivity index (χ0n) is 16.9. The molecule has 30 heavy (non-hydrogen) atoms. The average molecular weight is 444 g/mol. The first-order valence-electron chi connectivity index (χ1n) is 10.4. The standard InChI is InChI=1S/C23H26ClN3O2S/c24-19-5-3-4-18(16-19)17-25-10-12-26(13-11-25)22(28)8-9-23(29)27-14-15-30-21-7-2-1-6-20(21)27/h1-7,16H,8-15,17H2. The smallest absolute Gasteiger partial charge is 0.227 e. The first kappa shape index (κ1) is 21.2. The summed E-state index contributed by atoms with van der Waals surface area (Å²) in [6.07, 6.45) is 0.541. The van der Waals surface area contributed by atoms with Crippen molar-refractivity contribution in [1.29, 1.82) is 0 Å². The van der Waals surface area contributed by atoms with Crippen molar-refractivity contribution in [3.05, 3.63) is 59.1 Å². The monoisotopic (exact) mass is 443 g/mol. The van der Waals surface area contributed by atoms with Gasteiger partial charge < -0.3 is 9.80 Å². The Morgan fingerprint density at radius 1 is 0.900 bits per heavy atom. The van der Waals surface area contributed by atoms with Crippen molar-refractivity contribution in [2.45, 2.75) is 24.3 Å². The number of nitrogens with zero attached hydrogens (tertiary/aromatic N) is 3. The number of para-hydroxylation sites is 1. The summed E-state index contributed by atoms with van der Waals surface area (Å²) in [5, 5.41) is 0.751. The molecule has 0 aliphatic carbocycles. The van der Waals surface area contributed by atoms with Gasteiger partial charge in [0.1, 0.15) is 0 Å². The number of carbonyl (C=O) groups is 2. The highest BCUT2D eigenvalue weighted by molar-refractivity contribution is 7.99. The maximum absolute atomic E-state index is 12.8. The number of rotatable bonds is 5. The number of fused-ring (bicyclic) bond motifs is 1. The highest BCUT2D eigenvalue weighted by atomic mass is 35.5. The van der Waals surface area contributed by atoms with Gasteiger partial charge in [-0.05, 0) is 29.8 Å². The topological polar surface area (TPSA) is 43.9 Å². The number of benzene rings is 2. The molecule has 1 saturated heterocycles. The fourth-order valence-corrected chi connectivity index (χ4v) is 5.19. The second-order valence-electron chi connectivity index (χ2n) is 7.65. The highest BCUT2D eigenvalue weighted by Gasteiger charge is 2.25. The maximum Gasteiger partial charge on any atom is 0.227 e. The Morgan fingerprint density at radius 3 is 2.47 bits per heavy atom. The zero-order chi connectivity index (χ0) is 20.9. The third-order valence-corrected chi connectivity index (χ3v) is 6.88. The normalized spacial score (nSPS) is 17.0. The Morgan fingerprint density at radius 2 is 1.67 bits per heavy atom. The van der Waals surface area contributed by atoms with E-state index in [-0.39, 0.29) is 24.7 Å². The molecule has 0 N–H and O–H groups in total. The Kier molecular flexibility index (Phi) is 6.97. The molecule has 2 amide bonds. The summed E-state index contributed by atoms with van der Waals surface area (Å²) < 4.78 is 0. The Bertz CT molecular complexity index is 915. The Labute approximate surface area is 187 Å². The quantitative estimate of drug-likeness (QED) is 0.702.